The van der Waals surface area contributed by atoms with Crippen LogP contribution in [0.5, 0.6) is 0 Å². The number of hydrogen-bond donors (Lipinski definition) is 2. The van der Waals surface area contributed by atoms with E-state index in [1.807, 2.05) is 37.3 Å². The van der Waals surface area contributed by atoms with E-state index in [4.69, 9.17) is 0 Å². The lowest BCUT2D eigenvalue weighted by Gasteiger charge is -2.34. The number of rotatable bonds is 4. The molecule has 0 atom stereocenters. The van der Waals surface area contributed by atoms with Crippen LogP contribution in [0, 0.1) is 6.92 Å². The first-order valence-electron chi connectivity index (χ1n) is 12.3. The van der Waals surface area contributed by atoms with Crippen LogP contribution in [0.25, 0.3) is 10.9 Å². The van der Waals surface area contributed by atoms with Crippen molar-refractivity contribution in [1.29, 1.82) is 0 Å². The van der Waals surface area contributed by atoms with Crippen LogP contribution in [0.15, 0.2) is 47.3 Å². The van der Waals surface area contributed by atoms with E-state index < -0.39 is 0 Å². The molecule has 0 saturated carbocycles. The van der Waals surface area contributed by atoms with Crippen molar-refractivity contribution in [3.05, 3.63) is 63.9 Å². The lowest BCUT2D eigenvalue weighted by Crippen LogP contribution is -2.44. The van der Waals surface area contributed by atoms with Gasteiger partial charge in [-0.15, -0.1) is 0 Å². The Kier molecular flexibility index (Phi) is 6.49. The molecule has 35 heavy (non-hydrogen) atoms. The van der Waals surface area contributed by atoms with Crippen LogP contribution >= 0.6 is 0 Å². The van der Waals surface area contributed by atoms with E-state index in [1.54, 1.807) is 0 Å². The number of nitrogens with one attached hydrogen (secondary N) is 2. The second kappa shape index (κ2) is 9.71. The second-order valence-corrected chi connectivity index (χ2v) is 9.78. The smallest absolute Gasteiger partial charge is 0.272 e. The SMILES string of the molecule is Cc1ccc(N2CCN(C)CC2)c2[nH]c(C(=O)Nc3ccc(N4CCN(C)CC4)cc3)cc(=O)c12. The van der Waals surface area contributed by atoms with Crippen molar-refractivity contribution >= 4 is 33.9 Å². The van der Waals surface area contributed by atoms with Gasteiger partial charge in [0.15, 0.2) is 5.43 Å². The number of likely N-dealkylation sites (N-methyl/N-ethyl adjacent to an activating group) is 2. The van der Waals surface area contributed by atoms with E-state index in [9.17, 15) is 9.59 Å². The van der Waals surface area contributed by atoms with Gasteiger partial charge in [-0.05, 0) is 56.9 Å². The summed E-state index contributed by atoms with van der Waals surface area (Å²) in [5, 5.41) is 3.60. The fourth-order valence-corrected chi connectivity index (χ4v) is 4.97. The summed E-state index contributed by atoms with van der Waals surface area (Å²) in [5.41, 5.74) is 4.61. The fraction of sp³-hybridized carbons (Fsp3) is 0.407. The first-order valence-corrected chi connectivity index (χ1v) is 12.3. The predicted molar refractivity (Wildman–Crippen MR) is 143 cm³/mol. The van der Waals surface area contributed by atoms with Gasteiger partial charge in [0, 0.05) is 69.8 Å². The van der Waals surface area contributed by atoms with Crippen LogP contribution in [0.4, 0.5) is 17.1 Å². The Morgan fingerprint density at radius 3 is 2.06 bits per heavy atom. The number of aromatic nitrogens is 1. The summed E-state index contributed by atoms with van der Waals surface area (Å²) in [6, 6.07) is 13.4. The number of carbonyl (C=O) groups excluding carboxylic acids is 1. The molecule has 1 aromatic heterocycles. The maximum atomic E-state index is 13.1. The van der Waals surface area contributed by atoms with E-state index in [-0.39, 0.29) is 17.0 Å². The van der Waals surface area contributed by atoms with Crippen molar-refractivity contribution < 1.29 is 4.79 Å². The van der Waals surface area contributed by atoms with Gasteiger partial charge in [0.05, 0.1) is 16.6 Å². The van der Waals surface area contributed by atoms with Crippen LogP contribution in [-0.2, 0) is 0 Å². The van der Waals surface area contributed by atoms with Crippen LogP contribution in [0.2, 0.25) is 0 Å². The molecule has 0 unspecified atom stereocenters. The summed E-state index contributed by atoms with van der Waals surface area (Å²) in [5.74, 6) is -0.317. The minimum atomic E-state index is -0.317. The number of piperazine rings is 2. The van der Waals surface area contributed by atoms with Crippen molar-refractivity contribution in [2.24, 2.45) is 0 Å². The molecule has 184 valence electrons. The maximum absolute atomic E-state index is 13.1. The molecule has 0 spiro atoms. The summed E-state index contributed by atoms with van der Waals surface area (Å²) in [6.07, 6.45) is 0. The Balaban J connectivity index is 1.39. The minimum Gasteiger partial charge on any atom is -0.369 e. The molecule has 0 aliphatic carbocycles. The van der Waals surface area contributed by atoms with Crippen LogP contribution in [0.3, 0.4) is 0 Å². The first-order chi connectivity index (χ1) is 16.9. The lowest BCUT2D eigenvalue weighted by molar-refractivity contribution is 0.102. The molecule has 2 N–H and O–H groups in total. The molecular formula is C27H34N6O2. The molecule has 2 saturated heterocycles. The molecule has 2 aliphatic heterocycles. The van der Waals surface area contributed by atoms with Gasteiger partial charge >= 0.3 is 0 Å². The zero-order valence-electron chi connectivity index (χ0n) is 20.8. The van der Waals surface area contributed by atoms with E-state index in [0.29, 0.717) is 11.1 Å². The van der Waals surface area contributed by atoms with E-state index >= 15 is 0 Å². The van der Waals surface area contributed by atoms with Crippen LogP contribution in [-0.4, -0.2) is 87.1 Å². The number of nitrogens with zero attached hydrogens (tertiary/aromatic N) is 4. The number of carbonyl (C=O) groups is 1. The molecule has 1 amide bonds. The molecule has 5 rings (SSSR count). The molecule has 3 aromatic rings. The normalized spacial score (nSPS) is 17.7. The predicted octanol–water partition coefficient (Wildman–Crippen LogP) is 2.59. The first kappa shape index (κ1) is 23.4. The average molecular weight is 475 g/mol. The Hall–Kier alpha value is -3.36. The number of H-pyrrole nitrogens is 1. The quantitative estimate of drug-likeness (QED) is 0.606. The van der Waals surface area contributed by atoms with Gasteiger partial charge in [0.2, 0.25) is 0 Å². The minimum absolute atomic E-state index is 0.136. The summed E-state index contributed by atoms with van der Waals surface area (Å²) in [4.78, 5) is 38.8. The highest BCUT2D eigenvalue weighted by atomic mass is 16.2. The summed E-state index contributed by atoms with van der Waals surface area (Å²) in [7, 11) is 4.26. The number of aryl methyl sites for hydroxylation is 1. The largest absolute Gasteiger partial charge is 0.369 e. The van der Waals surface area contributed by atoms with Crippen molar-refractivity contribution in [3.8, 4) is 0 Å². The van der Waals surface area contributed by atoms with Gasteiger partial charge in [0.25, 0.3) is 5.91 Å². The maximum Gasteiger partial charge on any atom is 0.272 e. The van der Waals surface area contributed by atoms with Gasteiger partial charge in [-0.25, -0.2) is 0 Å². The van der Waals surface area contributed by atoms with Crippen LogP contribution in [0.1, 0.15) is 16.1 Å². The molecule has 0 radical (unpaired) electrons. The Bertz CT molecular complexity index is 1270. The highest BCUT2D eigenvalue weighted by Gasteiger charge is 2.20. The van der Waals surface area contributed by atoms with Gasteiger partial charge in [-0.3, -0.25) is 9.59 Å². The number of anilines is 3. The number of hydrogen-bond acceptors (Lipinski definition) is 6. The van der Waals surface area contributed by atoms with Gasteiger partial charge in [0.1, 0.15) is 5.69 Å². The molecule has 2 aromatic carbocycles. The van der Waals surface area contributed by atoms with Crippen molar-refractivity contribution in [1.82, 2.24) is 14.8 Å². The molecule has 8 heteroatoms. The van der Waals surface area contributed by atoms with Gasteiger partial charge < -0.3 is 29.9 Å². The number of benzene rings is 2. The third kappa shape index (κ3) is 4.90. The lowest BCUT2D eigenvalue weighted by atomic mass is 10.1. The summed E-state index contributed by atoms with van der Waals surface area (Å²) >= 11 is 0. The van der Waals surface area contributed by atoms with Gasteiger partial charge in [-0.1, -0.05) is 6.07 Å². The van der Waals surface area contributed by atoms with Crippen molar-refractivity contribution in [2.45, 2.75) is 6.92 Å². The zero-order chi connectivity index (χ0) is 24.5. The Morgan fingerprint density at radius 2 is 1.43 bits per heavy atom. The Labute approximate surface area is 206 Å². The van der Waals surface area contributed by atoms with Crippen LogP contribution < -0.4 is 20.5 Å². The number of aromatic amines is 1. The number of pyridine rings is 1. The molecule has 3 heterocycles. The van der Waals surface area contributed by atoms with E-state index in [2.05, 4.69) is 50.1 Å². The summed E-state index contributed by atoms with van der Waals surface area (Å²) in [6.45, 7) is 9.71. The molecular weight excluding hydrogens is 440 g/mol. The Morgan fingerprint density at radius 1 is 0.829 bits per heavy atom. The molecule has 2 aliphatic rings. The monoisotopic (exact) mass is 474 g/mol. The fourth-order valence-electron chi connectivity index (χ4n) is 4.97. The van der Waals surface area contributed by atoms with Crippen molar-refractivity contribution in [2.75, 3.05) is 81.6 Å². The molecule has 2 fully saturated rings. The van der Waals surface area contributed by atoms with E-state index in [0.717, 1.165) is 74.8 Å². The van der Waals surface area contributed by atoms with E-state index in [1.165, 1.54) is 6.07 Å². The highest BCUT2D eigenvalue weighted by Crippen LogP contribution is 2.27. The third-order valence-electron chi connectivity index (χ3n) is 7.26. The second-order valence-electron chi connectivity index (χ2n) is 9.78. The number of fused-ring (bicyclic) bond motifs is 1. The highest BCUT2D eigenvalue weighted by molar-refractivity contribution is 6.05. The third-order valence-corrected chi connectivity index (χ3v) is 7.26. The number of amides is 1. The topological polar surface area (TPSA) is 74.9 Å². The van der Waals surface area contributed by atoms with Gasteiger partial charge in [-0.2, -0.15) is 0 Å². The average Bonchev–Trinajstić information content (AvgIpc) is 2.86. The standard InChI is InChI=1S/C27H34N6O2/c1-19-4-9-23(33-16-12-31(3)13-17-33)26-25(19)24(34)18-22(29-26)27(35)28-20-5-7-21(8-6-20)32-14-10-30(2)11-15-32/h4-9,18H,10-17H2,1-3H3,(H,28,35)(H,29,34). The zero-order valence-corrected chi connectivity index (χ0v) is 20.8. The molecule has 8 nitrogen and oxygen atoms in total. The molecule has 0 bridgehead atoms. The van der Waals surface area contributed by atoms with Crippen molar-refractivity contribution in [3.63, 3.8) is 0 Å². The summed E-state index contributed by atoms with van der Waals surface area (Å²) < 4.78 is 0.